The number of carbonyl (C=O) groups is 1. The Morgan fingerprint density at radius 2 is 1.58 bits per heavy atom. The normalized spacial score (nSPS) is 32.4. The second kappa shape index (κ2) is 10.8. The number of hydrogen-bond donors (Lipinski definition) is 1. The van der Waals surface area contributed by atoms with Gasteiger partial charge in [-0.2, -0.15) is 5.26 Å². The van der Waals surface area contributed by atoms with Gasteiger partial charge in [0.25, 0.3) is 0 Å². The molecule has 4 rings (SSSR count). The fourth-order valence-corrected chi connectivity index (χ4v) is 18.1. The first kappa shape index (κ1) is 29.4. The molecule has 1 aromatic rings. The molecule has 10 heteroatoms. The van der Waals surface area contributed by atoms with E-state index in [0.717, 1.165) is 5.56 Å². The van der Waals surface area contributed by atoms with Crippen LogP contribution in [0.15, 0.2) is 30.3 Å². The van der Waals surface area contributed by atoms with Crippen LogP contribution in [0.25, 0.3) is 0 Å². The highest BCUT2D eigenvalue weighted by Gasteiger charge is 2.73. The first-order valence-electron chi connectivity index (χ1n) is 14.0. The summed E-state index contributed by atoms with van der Waals surface area (Å²) in [4.78, 5) is 19.3. The Labute approximate surface area is 229 Å². The molecule has 1 spiro atoms. The molecule has 2 aliphatic heterocycles. The summed E-state index contributed by atoms with van der Waals surface area (Å²) in [6, 6.07) is 12.0. The molecular formula is C28H44N2O6Si2. The lowest BCUT2D eigenvalue weighted by Gasteiger charge is -2.61. The fraction of sp³-hybridized carbons (Fsp3) is 0.714. The SMILES string of the molecule is CC(C)[Si]1(C(C)C)O[C@@H]2[C@@H](O[Si](C(C)C)(C(C)C)O1)C(O)C[C@H](C#N)[C@]21CC(=O)N1OCc1ccccc1. The van der Waals surface area contributed by atoms with Crippen molar-refractivity contribution < 1.29 is 27.7 Å². The molecule has 8 nitrogen and oxygen atoms in total. The van der Waals surface area contributed by atoms with Crippen LogP contribution in [-0.4, -0.2) is 57.0 Å². The van der Waals surface area contributed by atoms with Crippen LogP contribution in [0.1, 0.15) is 73.8 Å². The van der Waals surface area contributed by atoms with Crippen LogP contribution in [-0.2, 0) is 29.2 Å². The largest absolute Gasteiger partial charge is 0.414 e. The third kappa shape index (κ3) is 4.50. The molecule has 1 saturated carbocycles. The van der Waals surface area contributed by atoms with Gasteiger partial charge in [0.05, 0.1) is 24.5 Å². The predicted octanol–water partition coefficient (Wildman–Crippen LogP) is 5.32. The van der Waals surface area contributed by atoms with E-state index in [9.17, 15) is 15.2 Å². The van der Waals surface area contributed by atoms with Crippen LogP contribution in [0.3, 0.4) is 0 Å². The zero-order valence-corrected chi connectivity index (χ0v) is 26.0. The number of nitrogens with zero attached hydrogens (tertiary/aromatic N) is 2. The van der Waals surface area contributed by atoms with Crippen molar-refractivity contribution in [1.29, 1.82) is 5.26 Å². The standard InChI is InChI=1S/C28H44N2O6Si2/c1-18(2)37(19(3)4)34-26-24(31)14-23(16-29)28(27(26)35-38(36-37,20(5)6)21(7)8)15-25(32)30(28)33-17-22-12-10-9-11-13-22/h9-13,18-21,23-24,26-27,31H,14-15,17H2,1-8H3/t23-,24?,26+,27-,28-/m1/s1. The molecule has 1 aliphatic carbocycles. The zero-order chi connectivity index (χ0) is 28.0. The smallest absolute Gasteiger partial charge is 0.335 e. The van der Waals surface area contributed by atoms with Crippen molar-refractivity contribution in [3.63, 3.8) is 0 Å². The molecule has 3 aliphatic rings. The number of aliphatic hydroxyl groups excluding tert-OH is 1. The number of hydroxylamine groups is 2. The number of rotatable bonds is 7. The van der Waals surface area contributed by atoms with E-state index in [4.69, 9.17) is 17.8 Å². The molecule has 1 aromatic carbocycles. The molecular weight excluding hydrogens is 516 g/mol. The van der Waals surface area contributed by atoms with Crippen LogP contribution >= 0.6 is 0 Å². The number of amides is 1. The van der Waals surface area contributed by atoms with Crippen molar-refractivity contribution in [2.45, 2.75) is 121 Å². The van der Waals surface area contributed by atoms with Gasteiger partial charge >= 0.3 is 17.1 Å². The number of benzene rings is 1. The number of aliphatic hydroxyl groups is 1. The Morgan fingerprint density at radius 3 is 2.08 bits per heavy atom. The molecule has 1 amide bonds. The molecule has 210 valence electrons. The van der Waals surface area contributed by atoms with Gasteiger partial charge in [-0.25, -0.2) is 5.06 Å². The minimum Gasteiger partial charge on any atom is -0.414 e. The maximum Gasteiger partial charge on any atom is 0.335 e. The Hall–Kier alpha value is -1.59. The third-order valence-electron chi connectivity index (χ3n) is 8.82. The summed E-state index contributed by atoms with van der Waals surface area (Å²) in [5, 5.41) is 23.2. The summed E-state index contributed by atoms with van der Waals surface area (Å²) in [5.74, 6) is -0.864. The van der Waals surface area contributed by atoms with E-state index in [-0.39, 0.29) is 47.5 Å². The molecule has 2 saturated heterocycles. The monoisotopic (exact) mass is 560 g/mol. The minimum atomic E-state index is -3.02. The van der Waals surface area contributed by atoms with Gasteiger partial charge in [0, 0.05) is 0 Å². The zero-order valence-electron chi connectivity index (χ0n) is 24.0. The second-order valence-electron chi connectivity index (χ2n) is 12.4. The lowest BCUT2D eigenvalue weighted by atomic mass is 9.63. The van der Waals surface area contributed by atoms with Gasteiger partial charge < -0.3 is 18.1 Å². The van der Waals surface area contributed by atoms with Gasteiger partial charge in [0.2, 0.25) is 5.91 Å². The summed E-state index contributed by atoms with van der Waals surface area (Å²) in [5.41, 5.74) is 0.248. The van der Waals surface area contributed by atoms with Crippen molar-refractivity contribution in [3.05, 3.63) is 35.9 Å². The average Bonchev–Trinajstić information content (AvgIpc) is 3.04. The molecule has 3 fully saturated rings. The number of fused-ring (bicyclic) bond motifs is 2. The summed E-state index contributed by atoms with van der Waals surface area (Å²) in [6.45, 7) is 17.3. The summed E-state index contributed by atoms with van der Waals surface area (Å²) in [7, 11) is -5.96. The third-order valence-corrected chi connectivity index (χ3v) is 19.1. The first-order chi connectivity index (χ1) is 17.9. The van der Waals surface area contributed by atoms with Crippen LogP contribution in [0.5, 0.6) is 0 Å². The highest BCUT2D eigenvalue weighted by Crippen LogP contribution is 2.56. The Morgan fingerprint density at radius 1 is 1.03 bits per heavy atom. The van der Waals surface area contributed by atoms with E-state index < -0.39 is 46.9 Å². The molecule has 1 N–H and O–H groups in total. The minimum absolute atomic E-state index is 0.0837. The maximum atomic E-state index is 13.1. The van der Waals surface area contributed by atoms with Crippen molar-refractivity contribution >= 4 is 23.0 Å². The van der Waals surface area contributed by atoms with Crippen LogP contribution in [0.4, 0.5) is 0 Å². The van der Waals surface area contributed by atoms with E-state index in [2.05, 4.69) is 61.5 Å². The summed E-state index contributed by atoms with van der Waals surface area (Å²) >= 11 is 0. The molecule has 0 radical (unpaired) electrons. The van der Waals surface area contributed by atoms with Crippen LogP contribution in [0.2, 0.25) is 22.2 Å². The molecule has 0 bridgehead atoms. The van der Waals surface area contributed by atoms with E-state index in [1.54, 1.807) is 0 Å². The summed E-state index contributed by atoms with van der Waals surface area (Å²) < 4.78 is 21.5. The molecule has 2 heterocycles. The molecule has 38 heavy (non-hydrogen) atoms. The number of β-lactam (4-membered cyclic amide) rings is 1. The van der Waals surface area contributed by atoms with Crippen LogP contribution < -0.4 is 0 Å². The van der Waals surface area contributed by atoms with Crippen molar-refractivity contribution in [1.82, 2.24) is 5.06 Å². The highest BCUT2D eigenvalue weighted by molar-refractivity contribution is 6.84. The Bertz CT molecular complexity index is 1030. The van der Waals surface area contributed by atoms with Gasteiger partial charge in [0.1, 0.15) is 24.4 Å². The predicted molar refractivity (Wildman–Crippen MR) is 148 cm³/mol. The lowest BCUT2D eigenvalue weighted by molar-refractivity contribution is -0.307. The van der Waals surface area contributed by atoms with E-state index in [1.165, 1.54) is 5.06 Å². The van der Waals surface area contributed by atoms with Crippen molar-refractivity contribution in [2.75, 3.05) is 0 Å². The van der Waals surface area contributed by atoms with Crippen molar-refractivity contribution in [3.8, 4) is 6.07 Å². The second-order valence-corrected chi connectivity index (χ2v) is 21.2. The Balaban J connectivity index is 1.85. The van der Waals surface area contributed by atoms with E-state index in [1.807, 2.05) is 30.3 Å². The van der Waals surface area contributed by atoms with Gasteiger partial charge in [0.15, 0.2) is 0 Å². The van der Waals surface area contributed by atoms with Crippen molar-refractivity contribution in [2.24, 2.45) is 5.92 Å². The quantitative estimate of drug-likeness (QED) is 0.356. The van der Waals surface area contributed by atoms with Gasteiger partial charge in [-0.3, -0.25) is 9.63 Å². The topological polar surface area (TPSA) is 101 Å². The van der Waals surface area contributed by atoms with Gasteiger partial charge in [-0.15, -0.1) is 0 Å². The summed E-state index contributed by atoms with van der Waals surface area (Å²) in [6.07, 6.45) is -2.10. The number of nitriles is 1. The average molecular weight is 561 g/mol. The molecule has 1 unspecified atom stereocenters. The first-order valence-corrected chi connectivity index (χ1v) is 17.9. The molecule has 5 atom stereocenters. The van der Waals surface area contributed by atoms with Gasteiger partial charge in [-0.1, -0.05) is 85.7 Å². The van der Waals surface area contributed by atoms with E-state index in [0.29, 0.717) is 0 Å². The maximum absolute atomic E-state index is 13.1. The van der Waals surface area contributed by atoms with Crippen LogP contribution in [0, 0.1) is 17.2 Å². The van der Waals surface area contributed by atoms with E-state index >= 15 is 0 Å². The number of hydrogen-bond acceptors (Lipinski definition) is 7. The number of carbonyl (C=O) groups excluding carboxylic acids is 1. The highest BCUT2D eigenvalue weighted by atomic mass is 28.5. The molecule has 0 aromatic heterocycles. The lowest BCUT2D eigenvalue weighted by Crippen LogP contribution is -2.79. The van der Waals surface area contributed by atoms with Gasteiger partial charge in [-0.05, 0) is 34.1 Å². The fourth-order valence-electron chi connectivity index (χ4n) is 6.71. The Kier molecular flexibility index (Phi) is 8.33.